The van der Waals surface area contributed by atoms with Crippen molar-refractivity contribution in [3.8, 4) is 11.8 Å². The van der Waals surface area contributed by atoms with Crippen molar-refractivity contribution in [2.75, 3.05) is 32.8 Å². The van der Waals surface area contributed by atoms with Crippen LogP contribution in [0.15, 0.2) is 48.5 Å². The molecule has 0 atom stereocenters. The van der Waals surface area contributed by atoms with Crippen LogP contribution in [0.5, 0.6) is 5.75 Å². The fourth-order valence-electron chi connectivity index (χ4n) is 3.42. The summed E-state index contributed by atoms with van der Waals surface area (Å²) in [6.07, 6.45) is 0. The Hall–Kier alpha value is -2.84. The van der Waals surface area contributed by atoms with Gasteiger partial charge in [-0.1, -0.05) is 44.2 Å². The number of nitriles is 1. The Morgan fingerprint density at radius 3 is 2.39 bits per heavy atom. The van der Waals surface area contributed by atoms with E-state index in [0.29, 0.717) is 24.6 Å². The minimum atomic E-state index is 0.0385. The zero-order chi connectivity index (χ0) is 19.9. The van der Waals surface area contributed by atoms with Gasteiger partial charge in [0.15, 0.2) is 6.61 Å². The van der Waals surface area contributed by atoms with E-state index in [1.807, 2.05) is 53.4 Å². The zero-order valence-corrected chi connectivity index (χ0v) is 16.6. The lowest BCUT2D eigenvalue weighted by molar-refractivity contribution is -0.135. The third-order valence-electron chi connectivity index (χ3n) is 5.11. The van der Waals surface area contributed by atoms with Crippen LogP contribution in [0.4, 0.5) is 0 Å². The van der Waals surface area contributed by atoms with E-state index < -0.39 is 0 Å². The van der Waals surface area contributed by atoms with E-state index in [4.69, 9.17) is 10.00 Å². The number of carbonyl (C=O) groups is 1. The second-order valence-electron chi connectivity index (χ2n) is 7.45. The number of piperazine rings is 1. The third kappa shape index (κ3) is 5.11. The summed E-state index contributed by atoms with van der Waals surface area (Å²) in [4.78, 5) is 16.8. The topological polar surface area (TPSA) is 56.6 Å². The molecule has 5 heteroatoms. The minimum Gasteiger partial charge on any atom is -0.483 e. The number of nitrogens with zero attached hydrogens (tertiary/aromatic N) is 3. The number of carbonyl (C=O) groups excluding carboxylic acids is 1. The first kappa shape index (κ1) is 19.9. The summed E-state index contributed by atoms with van der Waals surface area (Å²) >= 11 is 0. The second-order valence-corrected chi connectivity index (χ2v) is 7.45. The fraction of sp³-hybridized carbons (Fsp3) is 0.391. The van der Waals surface area contributed by atoms with Crippen LogP contribution in [-0.4, -0.2) is 48.5 Å². The van der Waals surface area contributed by atoms with E-state index in [2.05, 4.69) is 24.8 Å². The van der Waals surface area contributed by atoms with Crippen molar-refractivity contribution in [1.82, 2.24) is 9.80 Å². The first-order valence-electron chi connectivity index (χ1n) is 9.77. The van der Waals surface area contributed by atoms with Crippen LogP contribution >= 0.6 is 0 Å². The number of benzene rings is 2. The highest BCUT2D eigenvalue weighted by Crippen LogP contribution is 2.25. The molecule has 1 fully saturated rings. The highest BCUT2D eigenvalue weighted by atomic mass is 16.5. The van der Waals surface area contributed by atoms with E-state index in [0.717, 1.165) is 30.9 Å². The van der Waals surface area contributed by atoms with Gasteiger partial charge in [-0.05, 0) is 35.2 Å². The molecule has 0 aromatic heterocycles. The van der Waals surface area contributed by atoms with Crippen molar-refractivity contribution >= 4 is 5.91 Å². The van der Waals surface area contributed by atoms with Gasteiger partial charge in [0, 0.05) is 32.7 Å². The van der Waals surface area contributed by atoms with Crippen LogP contribution in [0.25, 0.3) is 0 Å². The number of rotatable bonds is 6. The molecule has 0 bridgehead atoms. The smallest absolute Gasteiger partial charge is 0.260 e. The summed E-state index contributed by atoms with van der Waals surface area (Å²) < 4.78 is 5.83. The molecule has 1 saturated heterocycles. The monoisotopic (exact) mass is 377 g/mol. The van der Waals surface area contributed by atoms with E-state index in [1.54, 1.807) is 0 Å². The summed E-state index contributed by atoms with van der Waals surface area (Å²) in [6, 6.07) is 17.7. The predicted octanol–water partition coefficient (Wildman–Crippen LogP) is 3.40. The lowest BCUT2D eigenvalue weighted by Crippen LogP contribution is -2.49. The molecule has 0 unspecified atom stereocenters. The average Bonchev–Trinajstić information content (AvgIpc) is 2.73. The van der Waals surface area contributed by atoms with Crippen molar-refractivity contribution in [3.05, 3.63) is 65.2 Å². The van der Waals surface area contributed by atoms with Gasteiger partial charge in [-0.3, -0.25) is 9.69 Å². The first-order chi connectivity index (χ1) is 13.6. The highest BCUT2D eigenvalue weighted by Gasteiger charge is 2.21. The molecular formula is C23H27N3O2. The summed E-state index contributed by atoms with van der Waals surface area (Å²) in [5.74, 6) is 1.19. The van der Waals surface area contributed by atoms with Crippen LogP contribution < -0.4 is 4.74 Å². The van der Waals surface area contributed by atoms with Gasteiger partial charge < -0.3 is 9.64 Å². The van der Waals surface area contributed by atoms with Crippen LogP contribution in [0, 0.1) is 11.3 Å². The van der Waals surface area contributed by atoms with Crippen molar-refractivity contribution in [2.45, 2.75) is 26.3 Å². The molecule has 28 heavy (non-hydrogen) atoms. The maximum atomic E-state index is 12.5. The van der Waals surface area contributed by atoms with Gasteiger partial charge in [0.1, 0.15) is 5.75 Å². The maximum absolute atomic E-state index is 12.5. The Morgan fingerprint density at radius 2 is 1.75 bits per heavy atom. The zero-order valence-electron chi connectivity index (χ0n) is 16.6. The van der Waals surface area contributed by atoms with E-state index in [1.165, 1.54) is 5.56 Å². The standard InChI is InChI=1S/C23H27N3O2/c1-18(2)21-5-3-4-6-22(21)28-17-23(27)26-13-11-25(12-14-26)16-20-9-7-19(15-24)8-10-20/h3-10,18H,11-14,16-17H2,1-2H3. The molecule has 1 aliphatic rings. The molecule has 2 aromatic rings. The summed E-state index contributed by atoms with van der Waals surface area (Å²) in [5, 5.41) is 8.88. The molecule has 2 aromatic carbocycles. The van der Waals surface area contributed by atoms with E-state index in [-0.39, 0.29) is 12.5 Å². The normalized spacial score (nSPS) is 14.7. The predicted molar refractivity (Wildman–Crippen MR) is 109 cm³/mol. The first-order valence-corrected chi connectivity index (χ1v) is 9.77. The number of ether oxygens (including phenoxy) is 1. The largest absolute Gasteiger partial charge is 0.483 e. The highest BCUT2D eigenvalue weighted by molar-refractivity contribution is 5.78. The molecule has 0 N–H and O–H groups in total. The molecule has 0 aliphatic carbocycles. The van der Waals surface area contributed by atoms with E-state index >= 15 is 0 Å². The summed E-state index contributed by atoms with van der Waals surface area (Å²) in [5.41, 5.74) is 2.99. The summed E-state index contributed by atoms with van der Waals surface area (Å²) in [7, 11) is 0. The second kappa shape index (κ2) is 9.38. The van der Waals surface area contributed by atoms with Gasteiger partial charge in [0.25, 0.3) is 5.91 Å². The van der Waals surface area contributed by atoms with E-state index in [9.17, 15) is 4.79 Å². The molecular weight excluding hydrogens is 350 g/mol. The molecule has 0 spiro atoms. The quantitative estimate of drug-likeness (QED) is 0.774. The van der Waals surface area contributed by atoms with Crippen LogP contribution in [-0.2, 0) is 11.3 Å². The van der Waals surface area contributed by atoms with Crippen molar-refractivity contribution in [1.29, 1.82) is 5.26 Å². The average molecular weight is 377 g/mol. The Bertz CT molecular complexity index is 832. The lowest BCUT2D eigenvalue weighted by Gasteiger charge is -2.34. The number of hydrogen-bond donors (Lipinski definition) is 0. The molecule has 1 heterocycles. The van der Waals surface area contributed by atoms with Gasteiger partial charge in [0.2, 0.25) is 0 Å². The number of para-hydroxylation sites is 1. The number of amides is 1. The van der Waals surface area contributed by atoms with Crippen molar-refractivity contribution in [3.63, 3.8) is 0 Å². The van der Waals surface area contributed by atoms with Gasteiger partial charge in [-0.15, -0.1) is 0 Å². The third-order valence-corrected chi connectivity index (χ3v) is 5.11. The van der Waals surface area contributed by atoms with Crippen LogP contribution in [0.3, 0.4) is 0 Å². The Balaban J connectivity index is 1.47. The SMILES string of the molecule is CC(C)c1ccccc1OCC(=O)N1CCN(Cc2ccc(C#N)cc2)CC1. The molecule has 5 nitrogen and oxygen atoms in total. The Kier molecular flexibility index (Phi) is 6.67. The van der Waals surface area contributed by atoms with Gasteiger partial charge in [-0.25, -0.2) is 0 Å². The van der Waals surface area contributed by atoms with Crippen LogP contribution in [0.1, 0.15) is 36.5 Å². The van der Waals surface area contributed by atoms with Crippen LogP contribution in [0.2, 0.25) is 0 Å². The molecule has 0 saturated carbocycles. The Labute approximate surface area is 167 Å². The Morgan fingerprint density at radius 1 is 1.07 bits per heavy atom. The van der Waals surface area contributed by atoms with Crippen molar-refractivity contribution in [2.24, 2.45) is 0 Å². The molecule has 0 radical (unpaired) electrons. The fourth-order valence-corrected chi connectivity index (χ4v) is 3.42. The molecule has 1 aliphatic heterocycles. The van der Waals surface area contributed by atoms with Gasteiger partial charge in [0.05, 0.1) is 11.6 Å². The molecule has 3 rings (SSSR count). The molecule has 146 valence electrons. The van der Waals surface area contributed by atoms with Gasteiger partial charge >= 0.3 is 0 Å². The van der Waals surface area contributed by atoms with Gasteiger partial charge in [-0.2, -0.15) is 5.26 Å². The maximum Gasteiger partial charge on any atom is 0.260 e. The lowest BCUT2D eigenvalue weighted by atomic mass is 10.0. The number of hydrogen-bond acceptors (Lipinski definition) is 4. The van der Waals surface area contributed by atoms with Crippen molar-refractivity contribution < 1.29 is 9.53 Å². The summed E-state index contributed by atoms with van der Waals surface area (Å²) in [6.45, 7) is 8.27. The molecule has 1 amide bonds. The minimum absolute atomic E-state index is 0.0385.